The molecule has 4 rings (SSSR count). The zero-order valence-corrected chi connectivity index (χ0v) is 14.4. The minimum atomic E-state index is 0.115. The van der Waals surface area contributed by atoms with Crippen molar-refractivity contribution >= 4 is 22.5 Å². The lowest BCUT2D eigenvalue weighted by Crippen LogP contribution is -2.46. The highest BCUT2D eigenvalue weighted by atomic mass is 16.1. The summed E-state index contributed by atoms with van der Waals surface area (Å²) in [4.78, 5) is 20.7. The minimum Gasteiger partial charge on any atom is -0.369 e. The smallest absolute Gasteiger partial charge is 0.159 e. The van der Waals surface area contributed by atoms with Crippen LogP contribution in [0.2, 0.25) is 0 Å². The van der Waals surface area contributed by atoms with E-state index in [1.165, 1.54) is 11.2 Å². The number of rotatable bonds is 4. The second-order valence-corrected chi connectivity index (χ2v) is 6.55. The highest BCUT2D eigenvalue weighted by Crippen LogP contribution is 2.19. The quantitative estimate of drug-likeness (QED) is 0.688. The van der Waals surface area contributed by atoms with E-state index in [4.69, 9.17) is 0 Å². The number of ketones is 1. The van der Waals surface area contributed by atoms with Gasteiger partial charge in [-0.25, -0.2) is 4.98 Å². The third-order valence-electron chi connectivity index (χ3n) is 4.89. The van der Waals surface area contributed by atoms with Crippen molar-refractivity contribution in [2.45, 2.75) is 13.6 Å². The fraction of sp³-hybridized carbons (Fsp3) is 0.300. The Morgan fingerprint density at radius 2 is 1.72 bits per heavy atom. The summed E-state index contributed by atoms with van der Waals surface area (Å²) < 4.78 is 2.21. The van der Waals surface area contributed by atoms with Crippen LogP contribution in [-0.4, -0.2) is 46.4 Å². The average Bonchev–Trinajstić information content (AvgIpc) is 3.06. The van der Waals surface area contributed by atoms with Crippen molar-refractivity contribution in [2.75, 3.05) is 31.1 Å². The van der Waals surface area contributed by atoms with Crippen molar-refractivity contribution in [3.63, 3.8) is 0 Å². The van der Waals surface area contributed by atoms with E-state index in [0.29, 0.717) is 0 Å². The lowest BCUT2D eigenvalue weighted by molar-refractivity contribution is 0.101. The third-order valence-corrected chi connectivity index (χ3v) is 4.89. The van der Waals surface area contributed by atoms with Crippen LogP contribution in [0.1, 0.15) is 17.3 Å². The number of para-hydroxylation sites is 2. The Morgan fingerprint density at radius 1 is 1.00 bits per heavy atom. The lowest BCUT2D eigenvalue weighted by Gasteiger charge is -2.36. The van der Waals surface area contributed by atoms with E-state index >= 15 is 0 Å². The first kappa shape index (κ1) is 15.8. The van der Waals surface area contributed by atoms with Gasteiger partial charge in [0.25, 0.3) is 0 Å². The van der Waals surface area contributed by atoms with E-state index in [1.54, 1.807) is 6.92 Å². The van der Waals surface area contributed by atoms with Crippen molar-refractivity contribution in [1.29, 1.82) is 0 Å². The topological polar surface area (TPSA) is 41.4 Å². The van der Waals surface area contributed by atoms with Gasteiger partial charge in [0, 0.05) is 37.4 Å². The van der Waals surface area contributed by atoms with Crippen molar-refractivity contribution in [2.24, 2.45) is 0 Å². The maximum Gasteiger partial charge on any atom is 0.159 e. The molecular formula is C20H22N4O. The molecule has 1 saturated heterocycles. The van der Waals surface area contributed by atoms with Gasteiger partial charge in [-0.15, -0.1) is 0 Å². The maximum atomic E-state index is 11.4. The van der Waals surface area contributed by atoms with E-state index in [1.807, 2.05) is 24.5 Å². The molecule has 3 aromatic rings. The Hall–Kier alpha value is -2.66. The molecule has 1 aliphatic rings. The molecule has 2 aromatic carbocycles. The number of hydrogen-bond acceptors (Lipinski definition) is 4. The Bertz CT molecular complexity index is 876. The van der Waals surface area contributed by atoms with Crippen molar-refractivity contribution in [3.05, 3.63) is 60.4 Å². The molecule has 0 bridgehead atoms. The Labute approximate surface area is 147 Å². The van der Waals surface area contributed by atoms with Crippen LogP contribution in [0.5, 0.6) is 0 Å². The van der Waals surface area contributed by atoms with E-state index in [-0.39, 0.29) is 5.78 Å². The van der Waals surface area contributed by atoms with Gasteiger partial charge >= 0.3 is 0 Å². The molecule has 1 aromatic heterocycles. The first-order valence-corrected chi connectivity index (χ1v) is 8.69. The fourth-order valence-corrected chi connectivity index (χ4v) is 3.39. The number of Topliss-reactive ketones (excluding diaryl/α,β-unsaturated/α-hetero) is 1. The summed E-state index contributed by atoms with van der Waals surface area (Å²) in [7, 11) is 0. The van der Waals surface area contributed by atoms with Crippen molar-refractivity contribution < 1.29 is 4.79 Å². The van der Waals surface area contributed by atoms with Crippen LogP contribution in [0.15, 0.2) is 54.9 Å². The van der Waals surface area contributed by atoms with Crippen molar-refractivity contribution in [1.82, 2.24) is 14.5 Å². The minimum absolute atomic E-state index is 0.115. The number of benzene rings is 2. The number of anilines is 1. The van der Waals surface area contributed by atoms with Crippen LogP contribution >= 0.6 is 0 Å². The summed E-state index contributed by atoms with van der Waals surface area (Å²) in [5, 5.41) is 0. The number of carbonyl (C=O) groups is 1. The highest BCUT2D eigenvalue weighted by molar-refractivity contribution is 5.94. The average molecular weight is 334 g/mol. The second kappa shape index (κ2) is 6.69. The third kappa shape index (κ3) is 3.28. The summed E-state index contributed by atoms with van der Waals surface area (Å²) in [5.74, 6) is 0.115. The molecule has 128 valence electrons. The van der Waals surface area contributed by atoms with Gasteiger partial charge in [0.15, 0.2) is 5.78 Å². The number of aromatic nitrogens is 2. The molecule has 0 amide bonds. The molecular weight excluding hydrogens is 312 g/mol. The molecule has 2 heterocycles. The van der Waals surface area contributed by atoms with Gasteiger partial charge in [0.2, 0.25) is 0 Å². The molecule has 0 spiro atoms. The molecule has 0 saturated carbocycles. The molecule has 25 heavy (non-hydrogen) atoms. The predicted molar refractivity (Wildman–Crippen MR) is 100.0 cm³/mol. The Balaban J connectivity index is 1.39. The zero-order valence-electron chi connectivity index (χ0n) is 14.4. The zero-order chi connectivity index (χ0) is 17.2. The molecule has 5 nitrogen and oxygen atoms in total. The standard InChI is InChI=1S/C20H22N4O/c1-16(25)17-6-8-18(9-7-17)23-12-10-22(11-13-23)15-24-14-21-19-4-2-3-5-20(19)24/h2-9,14H,10-13,15H2,1H3. The van der Waals surface area contributed by atoms with Gasteiger partial charge < -0.3 is 9.47 Å². The molecule has 1 aliphatic heterocycles. The van der Waals surface area contributed by atoms with Gasteiger partial charge in [-0.05, 0) is 43.3 Å². The summed E-state index contributed by atoms with van der Waals surface area (Å²) in [5.41, 5.74) is 4.20. The molecule has 0 radical (unpaired) electrons. The number of nitrogens with zero attached hydrogens (tertiary/aromatic N) is 4. The number of fused-ring (bicyclic) bond motifs is 1. The second-order valence-electron chi connectivity index (χ2n) is 6.55. The number of carbonyl (C=O) groups excluding carboxylic acids is 1. The van der Waals surface area contributed by atoms with Gasteiger partial charge in [-0.1, -0.05) is 12.1 Å². The SMILES string of the molecule is CC(=O)c1ccc(N2CCN(Cn3cnc4ccccc43)CC2)cc1. The fourth-order valence-electron chi connectivity index (χ4n) is 3.39. The number of piperazine rings is 1. The normalized spacial score (nSPS) is 15.6. The molecule has 0 aliphatic carbocycles. The van der Waals surface area contributed by atoms with Crippen LogP contribution < -0.4 is 4.90 Å². The predicted octanol–water partition coefficient (Wildman–Crippen LogP) is 3.02. The number of imidazole rings is 1. The van der Waals surface area contributed by atoms with Gasteiger partial charge in [0.05, 0.1) is 24.0 Å². The summed E-state index contributed by atoms with van der Waals surface area (Å²) >= 11 is 0. The van der Waals surface area contributed by atoms with Crippen LogP contribution in [0.4, 0.5) is 5.69 Å². The Kier molecular flexibility index (Phi) is 4.24. The molecule has 0 unspecified atom stereocenters. The summed E-state index contributed by atoms with van der Waals surface area (Å²) in [6.07, 6.45) is 1.93. The van der Waals surface area contributed by atoms with Crippen LogP contribution in [0.3, 0.4) is 0 Å². The largest absolute Gasteiger partial charge is 0.369 e. The van der Waals surface area contributed by atoms with E-state index in [2.05, 4.69) is 49.7 Å². The Morgan fingerprint density at radius 3 is 2.44 bits per heavy atom. The van der Waals surface area contributed by atoms with Gasteiger partial charge in [0.1, 0.15) is 0 Å². The van der Waals surface area contributed by atoms with E-state index in [0.717, 1.165) is 43.9 Å². The first-order chi connectivity index (χ1) is 12.2. The monoisotopic (exact) mass is 334 g/mol. The van der Waals surface area contributed by atoms with Gasteiger partial charge in [-0.2, -0.15) is 0 Å². The number of hydrogen-bond donors (Lipinski definition) is 0. The molecule has 5 heteroatoms. The van der Waals surface area contributed by atoms with E-state index < -0.39 is 0 Å². The van der Waals surface area contributed by atoms with Crippen LogP contribution in [-0.2, 0) is 6.67 Å². The van der Waals surface area contributed by atoms with Crippen LogP contribution in [0.25, 0.3) is 11.0 Å². The summed E-state index contributed by atoms with van der Waals surface area (Å²) in [6.45, 7) is 6.49. The van der Waals surface area contributed by atoms with Crippen molar-refractivity contribution in [3.8, 4) is 0 Å². The molecule has 0 atom stereocenters. The molecule has 1 fully saturated rings. The lowest BCUT2D eigenvalue weighted by atomic mass is 10.1. The first-order valence-electron chi connectivity index (χ1n) is 8.69. The highest BCUT2D eigenvalue weighted by Gasteiger charge is 2.18. The van der Waals surface area contributed by atoms with Gasteiger partial charge in [-0.3, -0.25) is 9.69 Å². The van der Waals surface area contributed by atoms with Crippen LogP contribution in [0, 0.1) is 0 Å². The maximum absolute atomic E-state index is 11.4. The molecule has 0 N–H and O–H groups in total. The summed E-state index contributed by atoms with van der Waals surface area (Å²) in [6, 6.07) is 16.2. The van der Waals surface area contributed by atoms with E-state index in [9.17, 15) is 4.79 Å².